The Morgan fingerprint density at radius 1 is 1.60 bits per heavy atom. The minimum absolute atomic E-state index is 0.00370. The van der Waals surface area contributed by atoms with E-state index in [1.807, 2.05) is 0 Å². The molecule has 4 nitrogen and oxygen atoms in total. The van der Waals surface area contributed by atoms with Gasteiger partial charge in [-0.05, 0) is 32.4 Å². The Morgan fingerprint density at radius 2 is 2.27 bits per heavy atom. The van der Waals surface area contributed by atoms with E-state index in [9.17, 15) is 4.79 Å². The summed E-state index contributed by atoms with van der Waals surface area (Å²) in [5.41, 5.74) is 5.81. The predicted molar refractivity (Wildman–Crippen MR) is 61.5 cm³/mol. The third-order valence-electron chi connectivity index (χ3n) is 2.80. The van der Waals surface area contributed by atoms with Crippen LogP contribution in [0.25, 0.3) is 0 Å². The highest BCUT2D eigenvalue weighted by atomic mass is 16.2. The van der Waals surface area contributed by atoms with Gasteiger partial charge in [0.25, 0.3) is 0 Å². The van der Waals surface area contributed by atoms with Crippen LogP contribution in [0.3, 0.4) is 0 Å². The van der Waals surface area contributed by atoms with Gasteiger partial charge in [0, 0.05) is 12.6 Å². The van der Waals surface area contributed by atoms with Crippen molar-refractivity contribution in [3.63, 3.8) is 0 Å². The van der Waals surface area contributed by atoms with E-state index in [1.165, 1.54) is 0 Å². The molecule has 0 aliphatic carbocycles. The standard InChI is InChI=1S/C11H23N3O/c1-8(2)6-10(12)11(15)13-9-4-5-14(3)7-9/h8-10H,4-7,12H2,1-3H3,(H,13,15)/t9?,10-/m1/s1. The van der Waals surface area contributed by atoms with Gasteiger partial charge in [-0.25, -0.2) is 0 Å². The first-order chi connectivity index (χ1) is 6.99. The summed E-state index contributed by atoms with van der Waals surface area (Å²) >= 11 is 0. The molecule has 2 atom stereocenters. The summed E-state index contributed by atoms with van der Waals surface area (Å²) in [5, 5.41) is 3.01. The number of carbonyl (C=O) groups is 1. The van der Waals surface area contributed by atoms with Gasteiger partial charge in [-0.1, -0.05) is 13.8 Å². The summed E-state index contributed by atoms with van der Waals surface area (Å²) in [5.74, 6) is 0.473. The van der Waals surface area contributed by atoms with E-state index in [1.54, 1.807) is 0 Å². The molecular weight excluding hydrogens is 190 g/mol. The van der Waals surface area contributed by atoms with Gasteiger partial charge in [0.15, 0.2) is 0 Å². The van der Waals surface area contributed by atoms with Gasteiger partial charge in [-0.15, -0.1) is 0 Å². The summed E-state index contributed by atoms with van der Waals surface area (Å²) < 4.78 is 0. The molecule has 1 amide bonds. The van der Waals surface area contributed by atoms with E-state index in [2.05, 4.69) is 31.1 Å². The van der Waals surface area contributed by atoms with Crippen LogP contribution in [0.5, 0.6) is 0 Å². The van der Waals surface area contributed by atoms with Crippen LogP contribution < -0.4 is 11.1 Å². The minimum atomic E-state index is -0.351. The summed E-state index contributed by atoms with van der Waals surface area (Å²) in [6.07, 6.45) is 1.80. The number of hydrogen-bond donors (Lipinski definition) is 2. The van der Waals surface area contributed by atoms with Gasteiger partial charge < -0.3 is 16.0 Å². The van der Waals surface area contributed by atoms with E-state index >= 15 is 0 Å². The number of hydrogen-bond acceptors (Lipinski definition) is 3. The molecule has 0 radical (unpaired) electrons. The molecule has 1 aliphatic rings. The normalized spacial score (nSPS) is 24.5. The summed E-state index contributed by atoms with van der Waals surface area (Å²) in [4.78, 5) is 13.9. The molecule has 0 bridgehead atoms. The molecule has 0 spiro atoms. The van der Waals surface area contributed by atoms with Crippen LogP contribution in [0.1, 0.15) is 26.7 Å². The molecule has 88 valence electrons. The van der Waals surface area contributed by atoms with Gasteiger partial charge in [-0.2, -0.15) is 0 Å². The van der Waals surface area contributed by atoms with E-state index in [-0.39, 0.29) is 11.9 Å². The summed E-state index contributed by atoms with van der Waals surface area (Å²) in [6, 6.07) is -0.0587. The van der Waals surface area contributed by atoms with Crippen LogP contribution in [-0.4, -0.2) is 43.0 Å². The Bertz CT molecular complexity index is 218. The van der Waals surface area contributed by atoms with Crippen molar-refractivity contribution in [3.05, 3.63) is 0 Å². The average molecular weight is 213 g/mol. The van der Waals surface area contributed by atoms with Crippen molar-refractivity contribution in [2.24, 2.45) is 11.7 Å². The lowest BCUT2D eigenvalue weighted by Crippen LogP contribution is -2.46. The molecule has 1 heterocycles. The Labute approximate surface area is 92.2 Å². The first kappa shape index (κ1) is 12.5. The molecule has 1 unspecified atom stereocenters. The molecular formula is C11H23N3O. The molecule has 0 aromatic rings. The minimum Gasteiger partial charge on any atom is -0.351 e. The van der Waals surface area contributed by atoms with Crippen LogP contribution in [0, 0.1) is 5.92 Å². The van der Waals surface area contributed by atoms with Crippen molar-refractivity contribution < 1.29 is 4.79 Å². The zero-order valence-electron chi connectivity index (χ0n) is 9.99. The van der Waals surface area contributed by atoms with Crippen LogP contribution in [0.15, 0.2) is 0 Å². The second-order valence-corrected chi connectivity index (χ2v) is 4.99. The lowest BCUT2D eigenvalue weighted by atomic mass is 10.0. The Balaban J connectivity index is 2.28. The largest absolute Gasteiger partial charge is 0.351 e. The molecule has 0 aromatic carbocycles. The number of likely N-dealkylation sites (N-methyl/N-ethyl adjacent to an activating group) is 1. The van der Waals surface area contributed by atoms with Crippen molar-refractivity contribution in [2.75, 3.05) is 20.1 Å². The average Bonchev–Trinajstić information content (AvgIpc) is 2.50. The summed E-state index contributed by atoms with van der Waals surface area (Å²) in [7, 11) is 2.07. The molecule has 1 rings (SSSR count). The fourth-order valence-corrected chi connectivity index (χ4v) is 1.98. The highest BCUT2D eigenvalue weighted by Crippen LogP contribution is 2.07. The van der Waals surface area contributed by atoms with Gasteiger partial charge in [0.05, 0.1) is 6.04 Å². The van der Waals surface area contributed by atoms with Crippen LogP contribution in [-0.2, 0) is 4.79 Å². The highest BCUT2D eigenvalue weighted by molar-refractivity contribution is 5.81. The molecule has 15 heavy (non-hydrogen) atoms. The number of nitrogens with two attached hydrogens (primary N) is 1. The van der Waals surface area contributed by atoms with Gasteiger partial charge in [0.1, 0.15) is 0 Å². The van der Waals surface area contributed by atoms with E-state index in [0.717, 1.165) is 25.9 Å². The molecule has 3 N–H and O–H groups in total. The van der Waals surface area contributed by atoms with Gasteiger partial charge in [0.2, 0.25) is 5.91 Å². The molecule has 1 saturated heterocycles. The highest BCUT2D eigenvalue weighted by Gasteiger charge is 2.23. The zero-order chi connectivity index (χ0) is 11.4. The lowest BCUT2D eigenvalue weighted by Gasteiger charge is -2.18. The maximum atomic E-state index is 11.7. The van der Waals surface area contributed by atoms with Crippen molar-refractivity contribution in [1.29, 1.82) is 0 Å². The number of rotatable bonds is 4. The fourth-order valence-electron chi connectivity index (χ4n) is 1.98. The van der Waals surface area contributed by atoms with Crippen molar-refractivity contribution in [2.45, 2.75) is 38.8 Å². The Kier molecular flexibility index (Phi) is 4.54. The number of likely N-dealkylation sites (tertiary alicyclic amines) is 1. The lowest BCUT2D eigenvalue weighted by molar-refractivity contribution is -0.123. The number of nitrogens with zero attached hydrogens (tertiary/aromatic N) is 1. The smallest absolute Gasteiger partial charge is 0.237 e. The molecule has 0 saturated carbocycles. The number of carbonyl (C=O) groups excluding carboxylic acids is 1. The predicted octanol–water partition coefficient (Wildman–Crippen LogP) is 0.180. The topological polar surface area (TPSA) is 58.4 Å². The quantitative estimate of drug-likeness (QED) is 0.700. The van der Waals surface area contributed by atoms with Crippen molar-refractivity contribution in [3.8, 4) is 0 Å². The second kappa shape index (κ2) is 5.47. The second-order valence-electron chi connectivity index (χ2n) is 4.99. The molecule has 1 aliphatic heterocycles. The third kappa shape index (κ3) is 4.18. The Morgan fingerprint density at radius 3 is 2.73 bits per heavy atom. The van der Waals surface area contributed by atoms with E-state index in [4.69, 9.17) is 5.73 Å². The fraction of sp³-hybridized carbons (Fsp3) is 0.909. The first-order valence-electron chi connectivity index (χ1n) is 5.73. The van der Waals surface area contributed by atoms with Gasteiger partial charge >= 0.3 is 0 Å². The number of nitrogens with one attached hydrogen (secondary N) is 1. The van der Waals surface area contributed by atoms with Crippen LogP contribution in [0.4, 0.5) is 0 Å². The first-order valence-corrected chi connectivity index (χ1v) is 5.73. The molecule has 4 heteroatoms. The monoisotopic (exact) mass is 213 g/mol. The van der Waals surface area contributed by atoms with Crippen molar-refractivity contribution in [1.82, 2.24) is 10.2 Å². The number of amides is 1. The molecule has 1 fully saturated rings. The van der Waals surface area contributed by atoms with Crippen molar-refractivity contribution >= 4 is 5.91 Å². The zero-order valence-corrected chi connectivity index (χ0v) is 9.99. The summed E-state index contributed by atoms with van der Waals surface area (Å²) in [6.45, 7) is 6.16. The Hall–Kier alpha value is -0.610. The SMILES string of the molecule is CC(C)C[C@@H](N)C(=O)NC1CCN(C)C1. The van der Waals surface area contributed by atoms with E-state index < -0.39 is 0 Å². The third-order valence-corrected chi connectivity index (χ3v) is 2.80. The van der Waals surface area contributed by atoms with Crippen LogP contribution in [0.2, 0.25) is 0 Å². The maximum absolute atomic E-state index is 11.7. The maximum Gasteiger partial charge on any atom is 0.237 e. The molecule has 0 aromatic heterocycles. The van der Waals surface area contributed by atoms with Crippen LogP contribution >= 0.6 is 0 Å². The van der Waals surface area contributed by atoms with Gasteiger partial charge in [-0.3, -0.25) is 4.79 Å². The van der Waals surface area contributed by atoms with E-state index in [0.29, 0.717) is 12.0 Å².